The number of benzene rings is 2. The zero-order valence-electron chi connectivity index (χ0n) is 12.6. The van der Waals surface area contributed by atoms with Crippen molar-refractivity contribution < 1.29 is 14.6 Å². The first-order valence-corrected chi connectivity index (χ1v) is 7.24. The number of hydrazone groups is 1. The van der Waals surface area contributed by atoms with Gasteiger partial charge in [-0.15, -0.1) is 0 Å². The maximum atomic E-state index is 12.0. The van der Waals surface area contributed by atoms with Crippen LogP contribution in [0.1, 0.15) is 22.8 Å². The summed E-state index contributed by atoms with van der Waals surface area (Å²) in [5.41, 5.74) is 4.40. The minimum absolute atomic E-state index is 0.0808. The molecule has 5 heteroatoms. The Bertz CT molecular complexity index is 796. The lowest BCUT2D eigenvalue weighted by atomic mass is 10.0. The van der Waals surface area contributed by atoms with Crippen LogP contribution in [0.3, 0.4) is 0 Å². The lowest BCUT2D eigenvalue weighted by Crippen LogP contribution is -2.22. The van der Waals surface area contributed by atoms with Gasteiger partial charge in [-0.05, 0) is 31.2 Å². The van der Waals surface area contributed by atoms with Gasteiger partial charge in [0.25, 0.3) is 5.91 Å². The van der Waals surface area contributed by atoms with Crippen LogP contribution in [0.5, 0.6) is 11.5 Å². The molecule has 2 N–H and O–H groups in total. The molecule has 1 amide bonds. The van der Waals surface area contributed by atoms with Gasteiger partial charge < -0.3 is 9.84 Å². The predicted octanol–water partition coefficient (Wildman–Crippen LogP) is 2.97. The van der Waals surface area contributed by atoms with E-state index in [1.165, 1.54) is 12.1 Å². The molecule has 3 rings (SSSR count). The third-order valence-electron chi connectivity index (χ3n) is 3.54. The number of phenols is 1. The molecule has 1 atom stereocenters. The van der Waals surface area contributed by atoms with Crippen LogP contribution in [-0.4, -0.2) is 23.3 Å². The van der Waals surface area contributed by atoms with Crippen LogP contribution in [0.15, 0.2) is 59.2 Å². The summed E-state index contributed by atoms with van der Waals surface area (Å²) in [6.07, 6.45) is 3.37. The van der Waals surface area contributed by atoms with Gasteiger partial charge in [0.15, 0.2) is 0 Å². The van der Waals surface area contributed by atoms with Crippen molar-refractivity contribution in [2.24, 2.45) is 5.10 Å². The molecule has 1 heterocycles. The van der Waals surface area contributed by atoms with Gasteiger partial charge in [-0.25, -0.2) is 5.43 Å². The summed E-state index contributed by atoms with van der Waals surface area (Å²) in [5, 5.41) is 13.6. The molecule has 116 valence electrons. The molecule has 5 nitrogen and oxygen atoms in total. The summed E-state index contributed by atoms with van der Waals surface area (Å²) in [4.78, 5) is 12.0. The Hall–Kier alpha value is -3.08. The van der Waals surface area contributed by atoms with Crippen molar-refractivity contribution in [3.05, 3.63) is 65.2 Å². The molecule has 1 aliphatic rings. The van der Waals surface area contributed by atoms with E-state index in [0.717, 1.165) is 16.9 Å². The predicted molar refractivity (Wildman–Crippen MR) is 88.6 cm³/mol. The van der Waals surface area contributed by atoms with E-state index in [9.17, 15) is 9.90 Å². The molecule has 1 aliphatic heterocycles. The lowest BCUT2D eigenvalue weighted by molar-refractivity contribution is 0.0952. The van der Waals surface area contributed by atoms with E-state index in [2.05, 4.69) is 10.5 Å². The van der Waals surface area contributed by atoms with Gasteiger partial charge in [-0.2, -0.15) is 5.10 Å². The third-order valence-corrected chi connectivity index (χ3v) is 3.54. The van der Waals surface area contributed by atoms with Crippen molar-refractivity contribution in [2.75, 3.05) is 0 Å². The molecule has 0 bridgehead atoms. The van der Waals surface area contributed by atoms with E-state index >= 15 is 0 Å². The molecule has 1 unspecified atom stereocenters. The van der Waals surface area contributed by atoms with Crippen molar-refractivity contribution in [1.29, 1.82) is 0 Å². The Balaban J connectivity index is 1.72. The van der Waals surface area contributed by atoms with Gasteiger partial charge in [0.05, 0.1) is 11.8 Å². The zero-order chi connectivity index (χ0) is 16.2. The van der Waals surface area contributed by atoms with Crippen LogP contribution in [0.25, 0.3) is 6.08 Å². The first-order chi connectivity index (χ1) is 11.1. The summed E-state index contributed by atoms with van der Waals surface area (Å²) in [7, 11) is 0. The van der Waals surface area contributed by atoms with Crippen LogP contribution >= 0.6 is 0 Å². The topological polar surface area (TPSA) is 70.9 Å². The van der Waals surface area contributed by atoms with E-state index in [1.54, 1.807) is 18.3 Å². The van der Waals surface area contributed by atoms with Crippen molar-refractivity contribution in [2.45, 2.75) is 13.0 Å². The van der Waals surface area contributed by atoms with Crippen molar-refractivity contribution in [3.63, 3.8) is 0 Å². The minimum atomic E-state index is -0.468. The summed E-state index contributed by atoms with van der Waals surface area (Å²) < 4.78 is 5.79. The summed E-state index contributed by atoms with van der Waals surface area (Å²) in [5.74, 6) is 0.280. The van der Waals surface area contributed by atoms with Crippen LogP contribution in [0, 0.1) is 0 Å². The molecule has 0 saturated carbocycles. The maximum absolute atomic E-state index is 12.0. The third kappa shape index (κ3) is 3.23. The quantitative estimate of drug-likeness (QED) is 0.676. The van der Waals surface area contributed by atoms with Crippen molar-refractivity contribution in [1.82, 2.24) is 5.43 Å². The minimum Gasteiger partial charge on any atom is -0.507 e. The Kier molecular flexibility index (Phi) is 4.10. The number of phenolic OH excluding ortho intramolecular Hbond substituents is 1. The Morgan fingerprint density at radius 1 is 1.22 bits per heavy atom. The highest BCUT2D eigenvalue weighted by atomic mass is 16.5. The highest BCUT2D eigenvalue weighted by molar-refractivity contribution is 5.97. The zero-order valence-corrected chi connectivity index (χ0v) is 12.6. The summed E-state index contributed by atoms with van der Waals surface area (Å²) in [6.45, 7) is 1.92. The van der Waals surface area contributed by atoms with E-state index < -0.39 is 5.91 Å². The smallest absolute Gasteiger partial charge is 0.275 e. The van der Waals surface area contributed by atoms with Crippen molar-refractivity contribution in [3.8, 4) is 11.5 Å². The fourth-order valence-electron chi connectivity index (χ4n) is 2.30. The van der Waals surface area contributed by atoms with Gasteiger partial charge in [0.1, 0.15) is 17.6 Å². The molecule has 0 saturated heterocycles. The lowest BCUT2D eigenvalue weighted by Gasteiger charge is -2.22. The van der Waals surface area contributed by atoms with E-state index in [0.29, 0.717) is 0 Å². The van der Waals surface area contributed by atoms with Gasteiger partial charge in [-0.1, -0.05) is 30.3 Å². The van der Waals surface area contributed by atoms with Gasteiger partial charge in [0.2, 0.25) is 0 Å². The number of nitrogens with one attached hydrogen (secondary N) is 1. The average molecular weight is 308 g/mol. The number of aromatic hydroxyl groups is 1. The number of fused-ring (bicyclic) bond motifs is 1. The number of nitrogens with zero attached hydrogens (tertiary/aromatic N) is 1. The number of carbonyl (C=O) groups excluding carboxylic acids is 1. The number of ether oxygens (including phenoxy) is 1. The Morgan fingerprint density at radius 2 is 1.96 bits per heavy atom. The number of amides is 1. The van der Waals surface area contributed by atoms with Crippen molar-refractivity contribution >= 4 is 18.2 Å². The van der Waals surface area contributed by atoms with Crippen LogP contribution in [0.4, 0.5) is 0 Å². The monoisotopic (exact) mass is 308 g/mol. The van der Waals surface area contributed by atoms with Gasteiger partial charge in [0, 0.05) is 11.1 Å². The first kappa shape index (κ1) is 14.8. The Morgan fingerprint density at radius 3 is 2.78 bits per heavy atom. The highest BCUT2D eigenvalue weighted by Gasteiger charge is 2.17. The molecule has 23 heavy (non-hydrogen) atoms. The van der Waals surface area contributed by atoms with Gasteiger partial charge in [-0.3, -0.25) is 4.79 Å². The molecular weight excluding hydrogens is 292 g/mol. The SMILES string of the molecule is CC1Oc2ccccc2C=C1C=NNC(=O)c1ccccc1O. The molecule has 0 spiro atoms. The largest absolute Gasteiger partial charge is 0.507 e. The van der Waals surface area contributed by atoms with Crippen LogP contribution in [-0.2, 0) is 0 Å². The second-order valence-corrected chi connectivity index (χ2v) is 5.16. The molecule has 0 aromatic heterocycles. The number of hydrogen-bond acceptors (Lipinski definition) is 4. The second kappa shape index (κ2) is 6.36. The van der Waals surface area contributed by atoms with E-state index in [1.807, 2.05) is 37.3 Å². The normalized spacial score (nSPS) is 16.4. The van der Waals surface area contributed by atoms with E-state index in [-0.39, 0.29) is 17.4 Å². The highest BCUT2D eigenvalue weighted by Crippen LogP contribution is 2.28. The first-order valence-electron chi connectivity index (χ1n) is 7.24. The molecular formula is C18H16N2O3. The molecule has 2 aromatic carbocycles. The maximum Gasteiger partial charge on any atom is 0.275 e. The fraction of sp³-hybridized carbons (Fsp3) is 0.111. The van der Waals surface area contributed by atoms with Crippen LogP contribution < -0.4 is 10.2 Å². The molecule has 0 fully saturated rings. The van der Waals surface area contributed by atoms with Gasteiger partial charge >= 0.3 is 0 Å². The number of para-hydroxylation sites is 2. The summed E-state index contributed by atoms with van der Waals surface area (Å²) in [6, 6.07) is 14.0. The number of carbonyl (C=O) groups is 1. The molecule has 0 aliphatic carbocycles. The standard InChI is InChI=1S/C18H16N2O3/c1-12-14(10-13-6-2-5-9-17(13)23-12)11-19-20-18(22)15-7-3-4-8-16(15)21/h2-12,21H,1H3,(H,20,22). The molecule has 0 radical (unpaired) electrons. The number of rotatable bonds is 3. The van der Waals surface area contributed by atoms with E-state index in [4.69, 9.17) is 4.74 Å². The number of hydrogen-bond donors (Lipinski definition) is 2. The molecule has 2 aromatic rings. The second-order valence-electron chi connectivity index (χ2n) is 5.16. The average Bonchev–Trinajstić information content (AvgIpc) is 2.55. The fourth-order valence-corrected chi connectivity index (χ4v) is 2.30. The van der Waals surface area contributed by atoms with Crippen LogP contribution in [0.2, 0.25) is 0 Å². The summed E-state index contributed by atoms with van der Waals surface area (Å²) >= 11 is 0. The Labute approximate surface area is 133 Å².